The molecule has 2 N–H and O–H groups in total. The lowest BCUT2D eigenvalue weighted by molar-refractivity contribution is 0.140. The fourth-order valence-electron chi connectivity index (χ4n) is 2.16. The summed E-state index contributed by atoms with van der Waals surface area (Å²) in [6.07, 6.45) is 1.75. The van der Waals surface area contributed by atoms with Gasteiger partial charge in [0.05, 0.1) is 0 Å². The summed E-state index contributed by atoms with van der Waals surface area (Å²) in [6.45, 7) is 12.3. The molecule has 0 aliphatic heterocycles. The van der Waals surface area contributed by atoms with Gasteiger partial charge in [0.1, 0.15) is 6.61 Å². The lowest BCUT2D eigenvalue weighted by Crippen LogP contribution is -2.39. The van der Waals surface area contributed by atoms with Crippen molar-refractivity contribution in [3.8, 4) is 5.88 Å². The Morgan fingerprint density at radius 3 is 2.37 bits per heavy atom. The first-order valence-electron chi connectivity index (χ1n) is 7.02. The van der Waals surface area contributed by atoms with Gasteiger partial charge in [-0.1, -0.05) is 0 Å². The van der Waals surface area contributed by atoms with Crippen LogP contribution in [-0.4, -0.2) is 35.1 Å². The average molecular weight is 265 g/mol. The van der Waals surface area contributed by atoms with Gasteiger partial charge in [0.15, 0.2) is 0 Å². The van der Waals surface area contributed by atoms with E-state index in [1.54, 1.807) is 6.20 Å². The molecule has 0 bridgehead atoms. The molecule has 1 aromatic rings. The number of hydrogen-bond acceptors (Lipinski definition) is 4. The Kier molecular flexibility index (Phi) is 6.25. The molecule has 0 radical (unpaired) electrons. The van der Waals surface area contributed by atoms with Crippen LogP contribution < -0.4 is 10.5 Å². The summed E-state index contributed by atoms with van der Waals surface area (Å²) in [5.41, 5.74) is 6.90. The van der Waals surface area contributed by atoms with Gasteiger partial charge in [-0.15, -0.1) is 0 Å². The number of aromatic nitrogens is 1. The molecular formula is C15H27N3O. The summed E-state index contributed by atoms with van der Waals surface area (Å²) in [5.74, 6) is 0.655. The highest BCUT2D eigenvalue weighted by atomic mass is 16.5. The van der Waals surface area contributed by atoms with E-state index in [9.17, 15) is 0 Å². The van der Waals surface area contributed by atoms with Gasteiger partial charge in [0.2, 0.25) is 5.88 Å². The van der Waals surface area contributed by atoms with Gasteiger partial charge in [0.25, 0.3) is 0 Å². The van der Waals surface area contributed by atoms with Crippen molar-refractivity contribution in [2.24, 2.45) is 5.73 Å². The minimum Gasteiger partial charge on any atom is -0.476 e. The van der Waals surface area contributed by atoms with Crippen LogP contribution >= 0.6 is 0 Å². The Morgan fingerprint density at radius 1 is 1.21 bits per heavy atom. The molecule has 0 spiro atoms. The average Bonchev–Trinajstić information content (AvgIpc) is 2.34. The molecule has 0 saturated heterocycles. The Hall–Kier alpha value is -1.13. The highest BCUT2D eigenvalue weighted by Crippen LogP contribution is 2.14. The zero-order chi connectivity index (χ0) is 14.4. The highest BCUT2D eigenvalue weighted by molar-refractivity contribution is 5.22. The molecule has 108 valence electrons. The van der Waals surface area contributed by atoms with Crippen molar-refractivity contribution in [1.82, 2.24) is 9.88 Å². The van der Waals surface area contributed by atoms with Gasteiger partial charge < -0.3 is 10.5 Å². The van der Waals surface area contributed by atoms with Gasteiger partial charge in [0, 0.05) is 36.9 Å². The minimum atomic E-state index is 0.00757. The molecule has 19 heavy (non-hydrogen) atoms. The molecule has 1 aromatic heterocycles. The molecule has 0 fully saturated rings. The van der Waals surface area contributed by atoms with Crippen LogP contribution in [0.4, 0.5) is 0 Å². The Balaban J connectivity index is 2.50. The first-order chi connectivity index (χ1) is 8.91. The molecule has 1 rings (SSSR count). The molecule has 4 heteroatoms. The van der Waals surface area contributed by atoms with Crippen LogP contribution in [-0.2, 0) is 0 Å². The molecule has 0 aliphatic carbocycles. The minimum absolute atomic E-state index is 0.00757. The van der Waals surface area contributed by atoms with Crippen LogP contribution in [0.15, 0.2) is 18.3 Å². The number of rotatable bonds is 7. The highest BCUT2D eigenvalue weighted by Gasteiger charge is 2.13. The van der Waals surface area contributed by atoms with Crippen LogP contribution in [0.1, 0.15) is 46.2 Å². The summed E-state index contributed by atoms with van der Waals surface area (Å²) in [6, 6.07) is 4.89. The third-order valence-corrected chi connectivity index (χ3v) is 3.21. The van der Waals surface area contributed by atoms with Gasteiger partial charge >= 0.3 is 0 Å². The lowest BCUT2D eigenvalue weighted by Gasteiger charge is -2.30. The van der Waals surface area contributed by atoms with Gasteiger partial charge in [-0.05, 0) is 46.2 Å². The quantitative estimate of drug-likeness (QED) is 0.823. The van der Waals surface area contributed by atoms with Crippen LogP contribution in [0.3, 0.4) is 0 Å². The maximum Gasteiger partial charge on any atom is 0.213 e. The summed E-state index contributed by atoms with van der Waals surface area (Å²) in [4.78, 5) is 6.61. The summed E-state index contributed by atoms with van der Waals surface area (Å²) < 4.78 is 5.72. The van der Waals surface area contributed by atoms with Crippen molar-refractivity contribution in [3.63, 3.8) is 0 Å². The zero-order valence-electron chi connectivity index (χ0n) is 12.8. The van der Waals surface area contributed by atoms with Crippen LogP contribution in [0, 0.1) is 0 Å². The Morgan fingerprint density at radius 2 is 1.84 bits per heavy atom. The van der Waals surface area contributed by atoms with Crippen molar-refractivity contribution in [2.75, 3.05) is 13.2 Å². The third kappa shape index (κ3) is 5.17. The van der Waals surface area contributed by atoms with E-state index in [-0.39, 0.29) is 6.04 Å². The normalized spacial score (nSPS) is 13.3. The molecule has 1 atom stereocenters. The zero-order valence-corrected chi connectivity index (χ0v) is 12.8. The largest absolute Gasteiger partial charge is 0.476 e. The predicted molar refractivity (Wildman–Crippen MR) is 79.3 cm³/mol. The number of nitrogens with zero attached hydrogens (tertiary/aromatic N) is 2. The van der Waals surface area contributed by atoms with E-state index in [0.717, 1.165) is 12.1 Å². The van der Waals surface area contributed by atoms with E-state index in [2.05, 4.69) is 37.6 Å². The van der Waals surface area contributed by atoms with Gasteiger partial charge in [-0.2, -0.15) is 0 Å². The fourth-order valence-corrected chi connectivity index (χ4v) is 2.16. The third-order valence-electron chi connectivity index (χ3n) is 3.21. The van der Waals surface area contributed by atoms with Crippen molar-refractivity contribution in [1.29, 1.82) is 0 Å². The molecule has 1 heterocycles. The second-order valence-electron chi connectivity index (χ2n) is 5.49. The van der Waals surface area contributed by atoms with E-state index < -0.39 is 0 Å². The van der Waals surface area contributed by atoms with Crippen LogP contribution in [0.5, 0.6) is 5.88 Å². The molecule has 0 unspecified atom stereocenters. The van der Waals surface area contributed by atoms with E-state index >= 15 is 0 Å². The Labute approximate surface area is 117 Å². The molecule has 0 saturated carbocycles. The number of hydrogen-bond donors (Lipinski definition) is 1. The topological polar surface area (TPSA) is 51.4 Å². The number of ether oxygens (including phenoxy) is 1. The Bertz CT molecular complexity index is 369. The summed E-state index contributed by atoms with van der Waals surface area (Å²) in [7, 11) is 0. The molecule has 0 aliphatic rings. The SMILES string of the molecule is CC(C)N(CCOc1cc([C@H](C)N)ccn1)C(C)C. The smallest absolute Gasteiger partial charge is 0.213 e. The maximum absolute atomic E-state index is 5.85. The van der Waals surface area contributed by atoms with Gasteiger partial charge in [-0.25, -0.2) is 4.98 Å². The summed E-state index contributed by atoms with van der Waals surface area (Å²) in [5, 5.41) is 0. The van der Waals surface area contributed by atoms with E-state index in [1.165, 1.54) is 0 Å². The predicted octanol–water partition coefficient (Wildman–Crippen LogP) is 2.60. The van der Waals surface area contributed by atoms with Gasteiger partial charge in [-0.3, -0.25) is 4.90 Å². The molecule has 4 nitrogen and oxygen atoms in total. The fraction of sp³-hybridized carbons (Fsp3) is 0.667. The van der Waals surface area contributed by atoms with Crippen molar-refractivity contribution >= 4 is 0 Å². The standard InChI is InChI=1S/C15H27N3O/c1-11(2)18(12(3)4)8-9-19-15-10-14(13(5)16)6-7-17-15/h6-7,10-13H,8-9,16H2,1-5H3/t13-/m0/s1. The first-order valence-corrected chi connectivity index (χ1v) is 7.02. The molecule has 0 aromatic carbocycles. The number of pyridine rings is 1. The first kappa shape index (κ1) is 15.9. The second kappa shape index (κ2) is 7.46. The van der Waals surface area contributed by atoms with E-state index in [4.69, 9.17) is 10.5 Å². The lowest BCUT2D eigenvalue weighted by atomic mass is 10.1. The monoisotopic (exact) mass is 265 g/mol. The van der Waals surface area contributed by atoms with Crippen molar-refractivity contribution in [3.05, 3.63) is 23.9 Å². The maximum atomic E-state index is 5.85. The number of nitrogens with two attached hydrogens (primary N) is 1. The second-order valence-corrected chi connectivity index (χ2v) is 5.49. The summed E-state index contributed by atoms with van der Waals surface area (Å²) >= 11 is 0. The van der Waals surface area contributed by atoms with E-state index in [1.807, 2.05) is 19.1 Å². The molecule has 0 amide bonds. The van der Waals surface area contributed by atoms with Crippen LogP contribution in [0.25, 0.3) is 0 Å². The molecular weight excluding hydrogens is 238 g/mol. The van der Waals surface area contributed by atoms with E-state index in [0.29, 0.717) is 24.6 Å². The van der Waals surface area contributed by atoms with Crippen molar-refractivity contribution in [2.45, 2.75) is 52.7 Å². The van der Waals surface area contributed by atoms with Crippen molar-refractivity contribution < 1.29 is 4.74 Å². The van der Waals surface area contributed by atoms with Crippen LogP contribution in [0.2, 0.25) is 0 Å².